The van der Waals surface area contributed by atoms with Crippen molar-refractivity contribution in [2.45, 2.75) is 76.7 Å². The number of aromatic amines is 1. The summed E-state index contributed by atoms with van der Waals surface area (Å²) >= 11 is 0. The number of nitrogens with zero attached hydrogens (tertiary/aromatic N) is 3. The number of carbonyl (C=O) groups excluding carboxylic acids is 2. The molecule has 5 heterocycles. The van der Waals surface area contributed by atoms with Gasteiger partial charge in [-0.2, -0.15) is 0 Å². The van der Waals surface area contributed by atoms with Crippen molar-refractivity contribution >= 4 is 28.3 Å². The molecule has 0 radical (unpaired) electrons. The quantitative estimate of drug-likeness (QED) is 0.544. The van der Waals surface area contributed by atoms with E-state index in [1.54, 1.807) is 4.90 Å². The van der Waals surface area contributed by atoms with Gasteiger partial charge in [0.1, 0.15) is 0 Å². The number of rotatable bonds is 4. The maximum atomic E-state index is 14.3. The second kappa shape index (κ2) is 8.89. The molecule has 2 aromatic rings. The largest absolute Gasteiger partial charge is 0.361 e. The first kappa shape index (κ1) is 26.2. The minimum absolute atomic E-state index is 0.125. The molecule has 3 fully saturated rings. The van der Waals surface area contributed by atoms with Crippen molar-refractivity contribution in [2.24, 2.45) is 17.8 Å². The summed E-state index contributed by atoms with van der Waals surface area (Å²) in [5.74, 6) is -3.07. The minimum Gasteiger partial charge on any atom is -0.361 e. The lowest BCUT2D eigenvalue weighted by Crippen LogP contribution is -2.70. The van der Waals surface area contributed by atoms with Crippen molar-refractivity contribution in [3.8, 4) is 0 Å². The summed E-state index contributed by atoms with van der Waals surface area (Å²) in [7, 11) is 2.07. The lowest BCUT2D eigenvalue weighted by Gasteiger charge is -2.50. The van der Waals surface area contributed by atoms with Gasteiger partial charge in [-0.3, -0.25) is 29.0 Å². The number of piperazine rings is 1. The van der Waals surface area contributed by atoms with E-state index in [0.29, 0.717) is 13.1 Å². The Morgan fingerprint density at radius 2 is 2.02 bits per heavy atom. The number of amides is 2. The number of aromatic nitrogens is 1. The van der Waals surface area contributed by atoms with Gasteiger partial charge >= 0.3 is 0 Å². The van der Waals surface area contributed by atoms with Crippen molar-refractivity contribution in [3.63, 3.8) is 0 Å². The number of ether oxygens (including phenoxy) is 1. The Labute approximate surface area is 235 Å². The second-order valence-corrected chi connectivity index (χ2v) is 13.2. The van der Waals surface area contributed by atoms with Gasteiger partial charge in [0.2, 0.25) is 11.6 Å². The minimum atomic E-state index is -1.77. The molecule has 3 N–H and O–H groups in total. The monoisotopic (exact) mass is 547 g/mol. The van der Waals surface area contributed by atoms with Gasteiger partial charge in [0.25, 0.3) is 11.8 Å². The molecule has 4 aliphatic heterocycles. The normalized spacial score (nSPS) is 35.8. The summed E-state index contributed by atoms with van der Waals surface area (Å²) in [6.07, 6.45) is 6.78. The van der Waals surface area contributed by atoms with Crippen LogP contribution >= 0.6 is 0 Å². The molecule has 9 nitrogen and oxygen atoms in total. The zero-order chi connectivity index (χ0) is 28.1. The molecule has 0 spiro atoms. The third kappa shape index (κ3) is 3.47. The van der Waals surface area contributed by atoms with Crippen molar-refractivity contribution in [2.75, 3.05) is 26.7 Å². The fourth-order valence-electron chi connectivity index (χ4n) is 8.05. The molecule has 6 atom stereocenters. The summed E-state index contributed by atoms with van der Waals surface area (Å²) in [6.45, 7) is 10.0. The number of hydrogen-bond donors (Lipinski definition) is 3. The van der Waals surface area contributed by atoms with Crippen molar-refractivity contribution in [1.29, 1.82) is 0 Å². The van der Waals surface area contributed by atoms with Gasteiger partial charge in [-0.1, -0.05) is 45.9 Å². The number of nitrogens with one attached hydrogen (secondary N) is 2. The maximum Gasteiger partial charge on any atom is 0.280 e. The van der Waals surface area contributed by atoms with Crippen LogP contribution in [0.15, 0.2) is 30.5 Å². The molecular formula is C31H41N5O4. The number of benzene rings is 1. The fourth-order valence-corrected chi connectivity index (χ4v) is 8.05. The van der Waals surface area contributed by atoms with Crippen LogP contribution in [0.4, 0.5) is 0 Å². The highest BCUT2D eigenvalue weighted by Gasteiger charge is 2.70. The van der Waals surface area contributed by atoms with Gasteiger partial charge in [-0.05, 0) is 61.5 Å². The Bertz CT molecular complexity index is 1420. The summed E-state index contributed by atoms with van der Waals surface area (Å²) in [5, 5.41) is 16.4. The van der Waals surface area contributed by atoms with Crippen molar-refractivity contribution < 1.29 is 19.4 Å². The molecule has 0 unspecified atom stereocenters. The van der Waals surface area contributed by atoms with E-state index in [1.165, 1.54) is 10.9 Å². The fraction of sp³-hybridized carbons (Fsp3) is 0.613. The van der Waals surface area contributed by atoms with E-state index < -0.39 is 17.6 Å². The number of hydrogen-bond acceptors (Lipinski definition) is 6. The Kier molecular flexibility index (Phi) is 5.82. The molecule has 1 aromatic heterocycles. The molecule has 2 amide bonds. The number of aliphatic hydroxyl groups is 1. The molecule has 1 aromatic carbocycles. The summed E-state index contributed by atoms with van der Waals surface area (Å²) in [5.41, 5.74) is 3.09. The molecule has 7 rings (SSSR count). The van der Waals surface area contributed by atoms with E-state index in [2.05, 4.69) is 71.5 Å². The van der Waals surface area contributed by atoms with Gasteiger partial charge in [-0.15, -0.1) is 0 Å². The van der Waals surface area contributed by atoms with E-state index in [1.807, 2.05) is 13.8 Å². The third-order valence-corrected chi connectivity index (χ3v) is 10.2. The van der Waals surface area contributed by atoms with Crippen LogP contribution in [-0.4, -0.2) is 93.0 Å². The predicted molar refractivity (Wildman–Crippen MR) is 152 cm³/mol. The molecule has 9 heteroatoms. The smallest absolute Gasteiger partial charge is 0.280 e. The third-order valence-electron chi connectivity index (χ3n) is 10.2. The first-order chi connectivity index (χ1) is 19.0. The van der Waals surface area contributed by atoms with Gasteiger partial charge < -0.3 is 15.4 Å². The van der Waals surface area contributed by atoms with Crippen LogP contribution in [0.2, 0.25) is 0 Å². The number of H-pyrrole nitrogens is 1. The Hall–Kier alpha value is -2.72. The van der Waals surface area contributed by atoms with E-state index in [4.69, 9.17) is 4.74 Å². The van der Waals surface area contributed by atoms with Gasteiger partial charge in [-0.25, -0.2) is 0 Å². The number of fused-ring (bicyclic) bond motifs is 5. The molecule has 214 valence electrons. The average Bonchev–Trinajstić information content (AvgIpc) is 3.61. The molecular weight excluding hydrogens is 506 g/mol. The first-order valence-electron chi connectivity index (χ1n) is 14.9. The van der Waals surface area contributed by atoms with E-state index in [9.17, 15) is 14.7 Å². The molecule has 40 heavy (non-hydrogen) atoms. The van der Waals surface area contributed by atoms with Crippen molar-refractivity contribution in [3.05, 3.63) is 41.6 Å². The van der Waals surface area contributed by atoms with Gasteiger partial charge in [0.15, 0.2) is 0 Å². The van der Waals surface area contributed by atoms with E-state index in [-0.39, 0.29) is 41.8 Å². The molecule has 0 saturated carbocycles. The number of carbonyl (C=O) groups is 2. The van der Waals surface area contributed by atoms with E-state index >= 15 is 0 Å². The molecule has 0 bridgehead atoms. The topological polar surface area (TPSA) is 101 Å². The average molecular weight is 548 g/mol. The molecule has 5 aliphatic rings. The summed E-state index contributed by atoms with van der Waals surface area (Å²) in [6, 6.07) is 5.97. The SMILES string of the molecule is CC(C)[C@H]1CN2CCC[C@H]2[C@]2(O)O[C@](NC(=O)[C@@H]3C=C4c5cccc6[nH]cc(c56)C[C@H]4N(C)C3)(C(C)C)C(=O)N12. The zero-order valence-electron chi connectivity index (χ0n) is 24.1. The number of likely N-dealkylation sites (N-methyl/N-ethyl adjacent to an activating group) is 1. The summed E-state index contributed by atoms with van der Waals surface area (Å²) in [4.78, 5) is 37.9. The Balaban J connectivity index is 1.24. The van der Waals surface area contributed by atoms with Crippen LogP contribution in [0.3, 0.4) is 0 Å². The second-order valence-electron chi connectivity index (χ2n) is 13.2. The molecule has 3 saturated heterocycles. The van der Waals surface area contributed by atoms with Gasteiger partial charge in [0, 0.05) is 42.1 Å². The zero-order valence-corrected chi connectivity index (χ0v) is 24.1. The predicted octanol–water partition coefficient (Wildman–Crippen LogP) is 2.51. The van der Waals surface area contributed by atoms with E-state index in [0.717, 1.165) is 42.5 Å². The van der Waals surface area contributed by atoms with Crippen LogP contribution in [0.25, 0.3) is 16.5 Å². The van der Waals surface area contributed by atoms with Crippen LogP contribution < -0.4 is 5.32 Å². The molecule has 1 aliphatic carbocycles. The van der Waals surface area contributed by atoms with Crippen LogP contribution in [0.5, 0.6) is 0 Å². The standard InChI is InChI=1S/C31H41N5O4/c1-17(2)25-16-35-11-7-10-26(35)31(39)36(25)29(38)30(40-31,18(3)4)33-28(37)20-12-22-21-8-6-9-23-27(21)19(14-32-23)13-24(22)34(5)15-20/h6,8-9,12,14,17-18,20,24-26,32,39H,7,10-11,13,15-16H2,1-5H3,(H,33,37)/t20-,24-,25-,26+,30-,31+/m1/s1. The van der Waals surface area contributed by atoms with Crippen LogP contribution in [0.1, 0.15) is 51.7 Å². The lowest BCUT2D eigenvalue weighted by molar-refractivity contribution is -0.330. The van der Waals surface area contributed by atoms with Crippen molar-refractivity contribution in [1.82, 2.24) is 25.0 Å². The maximum absolute atomic E-state index is 14.3. The highest BCUT2D eigenvalue weighted by molar-refractivity contribution is 6.00. The summed E-state index contributed by atoms with van der Waals surface area (Å²) < 4.78 is 6.51. The highest BCUT2D eigenvalue weighted by atomic mass is 16.7. The lowest BCUT2D eigenvalue weighted by atomic mass is 9.79. The van der Waals surface area contributed by atoms with Gasteiger partial charge in [0.05, 0.1) is 18.0 Å². The highest BCUT2D eigenvalue weighted by Crippen LogP contribution is 2.48. The Morgan fingerprint density at radius 1 is 1.23 bits per heavy atom. The van der Waals surface area contributed by atoms with Crippen LogP contribution in [-0.2, 0) is 20.7 Å². The first-order valence-corrected chi connectivity index (χ1v) is 14.9. The Morgan fingerprint density at radius 3 is 2.77 bits per heavy atom. The van der Waals surface area contributed by atoms with Crippen LogP contribution in [0, 0.1) is 17.8 Å².